The molecular weight excluding hydrogens is 312 g/mol. The van der Waals surface area contributed by atoms with E-state index in [1.54, 1.807) is 0 Å². The van der Waals surface area contributed by atoms with Crippen LogP contribution in [0.15, 0.2) is 17.0 Å². The summed E-state index contributed by atoms with van der Waals surface area (Å²) < 4.78 is 5.27. The maximum absolute atomic E-state index is 11.5. The van der Waals surface area contributed by atoms with Crippen LogP contribution in [0.3, 0.4) is 0 Å². The van der Waals surface area contributed by atoms with Gasteiger partial charge >= 0.3 is 5.69 Å². The molecule has 0 unspecified atom stereocenters. The molecule has 9 heteroatoms. The molecule has 2 N–H and O–H groups in total. The van der Waals surface area contributed by atoms with Crippen LogP contribution < -0.4 is 10.1 Å². The van der Waals surface area contributed by atoms with E-state index in [9.17, 15) is 24.8 Å². The largest absolute Gasteiger partial charge is 0.500 e. The minimum absolute atomic E-state index is 0.0439. The van der Waals surface area contributed by atoms with Crippen molar-refractivity contribution in [1.29, 1.82) is 0 Å². The number of thioether (sulfide) groups is 1. The Kier molecular flexibility index (Phi) is 4.66. The highest BCUT2D eigenvalue weighted by molar-refractivity contribution is 8.18. The third-order valence-electron chi connectivity index (χ3n) is 2.68. The van der Waals surface area contributed by atoms with Crippen LogP contribution in [0.5, 0.6) is 11.5 Å². The van der Waals surface area contributed by atoms with Crippen molar-refractivity contribution in [2.24, 2.45) is 0 Å². The Morgan fingerprint density at radius 1 is 1.45 bits per heavy atom. The Labute approximate surface area is 129 Å². The average molecular weight is 324 g/mol. The SMILES string of the molecule is CCCOc1cc(/C=C2\SC(=O)NC2=O)cc([N+](=O)[O-])c1O. The molecule has 1 aliphatic heterocycles. The number of rotatable bonds is 5. The second-order valence-electron chi connectivity index (χ2n) is 4.34. The van der Waals surface area contributed by atoms with Crippen LogP contribution in [0.25, 0.3) is 6.08 Å². The minimum atomic E-state index is -0.747. The number of nitro groups is 1. The molecule has 0 aliphatic carbocycles. The highest BCUT2D eigenvalue weighted by Crippen LogP contribution is 2.38. The summed E-state index contributed by atoms with van der Waals surface area (Å²) in [6, 6.07) is 2.49. The zero-order valence-electron chi connectivity index (χ0n) is 11.5. The summed E-state index contributed by atoms with van der Waals surface area (Å²) in [6.07, 6.45) is 1.99. The Morgan fingerprint density at radius 2 is 2.18 bits per heavy atom. The van der Waals surface area contributed by atoms with Gasteiger partial charge in [0.2, 0.25) is 5.75 Å². The fraction of sp³-hybridized carbons (Fsp3) is 0.231. The molecule has 1 aromatic rings. The number of phenolic OH excluding ortho intramolecular Hbond substituents is 1. The van der Waals surface area contributed by atoms with Gasteiger partial charge in [-0.1, -0.05) is 6.92 Å². The highest BCUT2D eigenvalue weighted by Gasteiger charge is 2.26. The van der Waals surface area contributed by atoms with E-state index in [0.717, 1.165) is 6.07 Å². The summed E-state index contributed by atoms with van der Waals surface area (Å²) >= 11 is 0.699. The molecule has 22 heavy (non-hydrogen) atoms. The highest BCUT2D eigenvalue weighted by atomic mass is 32.2. The van der Waals surface area contributed by atoms with Crippen LogP contribution in [-0.4, -0.2) is 27.8 Å². The monoisotopic (exact) mass is 324 g/mol. The first-order valence-corrected chi connectivity index (χ1v) is 7.13. The molecule has 8 nitrogen and oxygen atoms in total. The normalized spacial score (nSPS) is 16.0. The maximum Gasteiger partial charge on any atom is 0.315 e. The first kappa shape index (κ1) is 15.8. The summed E-state index contributed by atoms with van der Waals surface area (Å²) in [7, 11) is 0. The Morgan fingerprint density at radius 3 is 2.73 bits per heavy atom. The molecule has 1 aliphatic rings. The van der Waals surface area contributed by atoms with E-state index in [0.29, 0.717) is 18.2 Å². The van der Waals surface area contributed by atoms with Gasteiger partial charge in [0.05, 0.1) is 16.4 Å². The maximum atomic E-state index is 11.5. The van der Waals surface area contributed by atoms with Crippen LogP contribution in [-0.2, 0) is 4.79 Å². The molecule has 1 fully saturated rings. The molecule has 1 aromatic carbocycles. The van der Waals surface area contributed by atoms with Crippen LogP contribution in [0.2, 0.25) is 0 Å². The number of imide groups is 1. The number of nitro benzene ring substituents is 1. The molecular formula is C13H12N2O6S. The molecule has 0 spiro atoms. The molecule has 0 aromatic heterocycles. The third kappa shape index (κ3) is 3.37. The van der Waals surface area contributed by atoms with Crippen LogP contribution in [0.1, 0.15) is 18.9 Å². The zero-order valence-corrected chi connectivity index (χ0v) is 12.3. The summed E-state index contributed by atoms with van der Waals surface area (Å²) in [4.78, 5) is 33.0. The predicted octanol–water partition coefficient (Wildman–Crippen LogP) is 2.41. The number of carbonyl (C=O) groups excluding carboxylic acids is 2. The molecule has 1 saturated heterocycles. The molecule has 1 heterocycles. The van der Waals surface area contributed by atoms with Crippen molar-refractivity contribution in [1.82, 2.24) is 5.32 Å². The van der Waals surface area contributed by atoms with Gasteiger partial charge in [0.15, 0.2) is 5.75 Å². The lowest BCUT2D eigenvalue weighted by molar-refractivity contribution is -0.386. The zero-order chi connectivity index (χ0) is 16.3. The minimum Gasteiger partial charge on any atom is -0.500 e. The predicted molar refractivity (Wildman–Crippen MR) is 79.7 cm³/mol. The van der Waals surface area contributed by atoms with Crippen molar-refractivity contribution in [3.63, 3.8) is 0 Å². The fourth-order valence-corrected chi connectivity index (χ4v) is 2.41. The van der Waals surface area contributed by atoms with E-state index >= 15 is 0 Å². The van der Waals surface area contributed by atoms with E-state index in [2.05, 4.69) is 5.32 Å². The van der Waals surface area contributed by atoms with E-state index in [1.807, 2.05) is 6.92 Å². The van der Waals surface area contributed by atoms with Gasteiger partial charge in [0.25, 0.3) is 11.1 Å². The number of phenols is 1. The first-order chi connectivity index (χ1) is 10.4. The number of nitrogens with one attached hydrogen (secondary N) is 1. The Hall–Kier alpha value is -2.55. The summed E-state index contributed by atoms with van der Waals surface area (Å²) in [5.41, 5.74) is -0.252. The van der Waals surface area contributed by atoms with Gasteiger partial charge in [-0.3, -0.25) is 25.0 Å². The Balaban J connectivity index is 2.45. The average Bonchev–Trinajstić information content (AvgIpc) is 2.76. The lowest BCUT2D eigenvalue weighted by Crippen LogP contribution is -2.17. The van der Waals surface area contributed by atoms with Crippen molar-refractivity contribution in [3.05, 3.63) is 32.7 Å². The number of carbonyl (C=O) groups is 2. The second-order valence-corrected chi connectivity index (χ2v) is 5.36. The third-order valence-corrected chi connectivity index (χ3v) is 3.49. The number of hydrogen-bond acceptors (Lipinski definition) is 7. The lowest BCUT2D eigenvalue weighted by Gasteiger charge is -2.08. The smallest absolute Gasteiger partial charge is 0.315 e. The molecule has 2 rings (SSSR count). The quantitative estimate of drug-likeness (QED) is 0.485. The van der Waals surface area contributed by atoms with Gasteiger partial charge < -0.3 is 9.84 Å². The molecule has 0 radical (unpaired) electrons. The van der Waals surface area contributed by atoms with Gasteiger partial charge in [0, 0.05) is 6.07 Å². The van der Waals surface area contributed by atoms with Crippen molar-refractivity contribution in [2.75, 3.05) is 6.61 Å². The van der Waals surface area contributed by atoms with Crippen LogP contribution >= 0.6 is 11.8 Å². The lowest BCUT2D eigenvalue weighted by atomic mass is 10.1. The molecule has 0 saturated carbocycles. The van der Waals surface area contributed by atoms with Gasteiger partial charge in [-0.2, -0.15) is 0 Å². The molecule has 2 amide bonds. The van der Waals surface area contributed by atoms with Crippen LogP contribution in [0.4, 0.5) is 10.5 Å². The van der Waals surface area contributed by atoms with E-state index < -0.39 is 27.5 Å². The van der Waals surface area contributed by atoms with Crippen molar-refractivity contribution < 1.29 is 24.4 Å². The summed E-state index contributed by atoms with van der Waals surface area (Å²) in [6.45, 7) is 2.13. The summed E-state index contributed by atoms with van der Waals surface area (Å²) in [5, 5.41) is 22.4. The van der Waals surface area contributed by atoms with Gasteiger partial charge in [-0.25, -0.2) is 0 Å². The van der Waals surface area contributed by atoms with Gasteiger partial charge in [0.1, 0.15) is 0 Å². The fourth-order valence-electron chi connectivity index (χ4n) is 1.73. The number of hydrogen-bond donors (Lipinski definition) is 2. The van der Waals surface area contributed by atoms with Crippen molar-refractivity contribution in [3.8, 4) is 11.5 Å². The molecule has 0 atom stereocenters. The van der Waals surface area contributed by atoms with E-state index in [-0.39, 0.29) is 22.8 Å². The van der Waals surface area contributed by atoms with Crippen LogP contribution in [0, 0.1) is 10.1 Å². The molecule has 0 bridgehead atoms. The number of amides is 2. The number of aromatic hydroxyl groups is 1. The first-order valence-electron chi connectivity index (χ1n) is 6.31. The standard InChI is InChI=1S/C13H12N2O6S/c1-2-3-21-9-5-7(4-8(11(9)16)15(19)20)6-10-12(17)14-13(18)22-10/h4-6,16H,2-3H2,1H3,(H,14,17,18)/b10-6-. The number of nitrogens with zero attached hydrogens (tertiary/aromatic N) is 1. The Bertz CT molecular complexity index is 685. The number of ether oxygens (including phenoxy) is 1. The topological polar surface area (TPSA) is 119 Å². The summed E-state index contributed by atoms with van der Waals surface area (Å²) in [5.74, 6) is -1.18. The van der Waals surface area contributed by atoms with Crippen molar-refractivity contribution >= 4 is 34.7 Å². The van der Waals surface area contributed by atoms with E-state index in [1.165, 1.54) is 12.1 Å². The molecule has 116 valence electrons. The van der Waals surface area contributed by atoms with Gasteiger partial charge in [-0.05, 0) is 35.9 Å². The van der Waals surface area contributed by atoms with Crippen molar-refractivity contribution in [2.45, 2.75) is 13.3 Å². The van der Waals surface area contributed by atoms with E-state index in [4.69, 9.17) is 4.74 Å². The van der Waals surface area contributed by atoms with Gasteiger partial charge in [-0.15, -0.1) is 0 Å². The number of benzene rings is 1. The second kappa shape index (κ2) is 6.48.